The Kier molecular flexibility index (Phi) is 19.9. The van der Waals surface area contributed by atoms with Crippen molar-refractivity contribution < 1.29 is 18.9 Å². The maximum absolute atomic E-state index is 5.38. The Morgan fingerprint density at radius 3 is 1.95 bits per heavy atom. The summed E-state index contributed by atoms with van der Waals surface area (Å²) in [6, 6.07) is 0. The Morgan fingerprint density at radius 2 is 1.27 bits per heavy atom. The van der Waals surface area contributed by atoms with E-state index in [0.717, 1.165) is 6.42 Å². The van der Waals surface area contributed by atoms with Crippen LogP contribution in [0.1, 0.15) is 58.3 Å². The zero-order valence-corrected chi connectivity index (χ0v) is 14.7. The lowest BCUT2D eigenvalue weighted by Gasteiger charge is -2.05. The van der Waals surface area contributed by atoms with Gasteiger partial charge in [-0.2, -0.15) is 0 Å². The molecule has 0 saturated carbocycles. The van der Waals surface area contributed by atoms with Gasteiger partial charge in [-0.25, -0.2) is 0 Å². The molecular formula is C18H36O4. The molecule has 0 radical (unpaired) electrons. The molecule has 0 saturated heterocycles. The second-order valence-corrected chi connectivity index (χ2v) is 5.37. The Hall–Kier alpha value is -0.580. The van der Waals surface area contributed by atoms with Crippen LogP contribution in [-0.2, 0) is 18.9 Å². The Bertz CT molecular complexity index is 219. The average molecular weight is 316 g/mol. The van der Waals surface area contributed by atoms with Gasteiger partial charge in [-0.1, -0.05) is 45.4 Å². The van der Waals surface area contributed by atoms with Crippen LogP contribution in [0.5, 0.6) is 0 Å². The van der Waals surface area contributed by atoms with Crippen molar-refractivity contribution in [3.05, 3.63) is 12.3 Å². The fourth-order valence-electron chi connectivity index (χ4n) is 1.99. The number of hydrogen-bond acceptors (Lipinski definition) is 4. The highest BCUT2D eigenvalue weighted by Crippen LogP contribution is 2.08. The normalized spacial score (nSPS) is 11.4. The molecule has 22 heavy (non-hydrogen) atoms. The number of rotatable bonds is 18. The molecule has 0 amide bonds. The maximum atomic E-state index is 5.38. The molecule has 0 atom stereocenters. The van der Waals surface area contributed by atoms with Crippen LogP contribution in [-0.4, -0.2) is 46.8 Å². The highest BCUT2D eigenvalue weighted by molar-refractivity contribution is 4.73. The zero-order chi connectivity index (χ0) is 16.1. The minimum absolute atomic E-state index is 0.603. The minimum atomic E-state index is 0.603. The van der Waals surface area contributed by atoms with E-state index in [1.807, 2.05) is 0 Å². The predicted octanol–water partition coefficient (Wildman–Crippen LogP) is 4.34. The van der Waals surface area contributed by atoms with Gasteiger partial charge in [0.25, 0.3) is 0 Å². The third-order valence-electron chi connectivity index (χ3n) is 3.32. The molecule has 0 unspecified atom stereocenters. The molecule has 0 heterocycles. The standard InChI is InChI=1S/C18H36O4/c1-3-4-5-6-7-8-9-10-11-12-20-15-16-22-18-17-21-14-13-19-2/h11-12H,3-10,13-18H2,1-2H3. The molecule has 0 rings (SSSR count). The van der Waals surface area contributed by atoms with Gasteiger partial charge in [-0.05, 0) is 18.9 Å². The first-order valence-corrected chi connectivity index (χ1v) is 8.82. The molecule has 132 valence electrons. The van der Waals surface area contributed by atoms with Gasteiger partial charge in [0, 0.05) is 7.11 Å². The SMILES string of the molecule is CCCCCCCCCC=COCCOCCOCCOC. The van der Waals surface area contributed by atoms with Crippen molar-refractivity contribution in [2.75, 3.05) is 46.8 Å². The highest BCUT2D eigenvalue weighted by atomic mass is 16.5. The lowest BCUT2D eigenvalue weighted by atomic mass is 10.1. The first kappa shape index (κ1) is 21.4. The first-order valence-electron chi connectivity index (χ1n) is 8.82. The van der Waals surface area contributed by atoms with E-state index in [2.05, 4.69) is 13.0 Å². The molecule has 0 aliphatic carbocycles. The number of allylic oxidation sites excluding steroid dienone is 1. The van der Waals surface area contributed by atoms with Crippen LogP contribution in [0.3, 0.4) is 0 Å². The topological polar surface area (TPSA) is 36.9 Å². The lowest BCUT2D eigenvalue weighted by molar-refractivity contribution is 0.0143. The minimum Gasteiger partial charge on any atom is -0.499 e. The summed E-state index contributed by atoms with van der Waals surface area (Å²) in [5.41, 5.74) is 0. The van der Waals surface area contributed by atoms with E-state index in [1.54, 1.807) is 13.4 Å². The smallest absolute Gasteiger partial charge is 0.111 e. The predicted molar refractivity (Wildman–Crippen MR) is 91.2 cm³/mol. The summed E-state index contributed by atoms with van der Waals surface area (Å²) in [7, 11) is 1.67. The van der Waals surface area contributed by atoms with Crippen LogP contribution in [0.25, 0.3) is 0 Å². The summed E-state index contributed by atoms with van der Waals surface area (Å²) in [6.07, 6.45) is 14.5. The molecule has 0 aliphatic rings. The van der Waals surface area contributed by atoms with E-state index < -0.39 is 0 Å². The molecule has 0 aromatic carbocycles. The molecule has 0 spiro atoms. The van der Waals surface area contributed by atoms with Crippen molar-refractivity contribution in [3.8, 4) is 0 Å². The Morgan fingerprint density at radius 1 is 0.682 bits per heavy atom. The Balaban J connectivity index is 3.02. The van der Waals surface area contributed by atoms with Crippen LogP contribution in [0.2, 0.25) is 0 Å². The largest absolute Gasteiger partial charge is 0.499 e. The van der Waals surface area contributed by atoms with Crippen molar-refractivity contribution in [2.45, 2.75) is 58.3 Å². The van der Waals surface area contributed by atoms with Gasteiger partial charge < -0.3 is 18.9 Å². The van der Waals surface area contributed by atoms with Gasteiger partial charge in [0.1, 0.15) is 6.61 Å². The van der Waals surface area contributed by atoms with Gasteiger partial charge in [-0.15, -0.1) is 0 Å². The van der Waals surface area contributed by atoms with Gasteiger partial charge in [-0.3, -0.25) is 0 Å². The molecule has 4 heteroatoms. The molecule has 0 aromatic rings. The van der Waals surface area contributed by atoms with Crippen LogP contribution in [0, 0.1) is 0 Å². The fourth-order valence-corrected chi connectivity index (χ4v) is 1.99. The number of ether oxygens (including phenoxy) is 4. The second kappa shape index (κ2) is 20.4. The van der Waals surface area contributed by atoms with E-state index in [4.69, 9.17) is 18.9 Å². The summed E-state index contributed by atoms with van der Waals surface area (Å²) >= 11 is 0. The van der Waals surface area contributed by atoms with E-state index in [1.165, 1.54) is 44.9 Å². The maximum Gasteiger partial charge on any atom is 0.111 e. The second-order valence-electron chi connectivity index (χ2n) is 5.37. The summed E-state index contributed by atoms with van der Waals surface area (Å²) in [5.74, 6) is 0. The van der Waals surface area contributed by atoms with Crippen LogP contribution < -0.4 is 0 Å². The summed E-state index contributed by atoms with van der Waals surface area (Å²) in [4.78, 5) is 0. The quantitative estimate of drug-likeness (QED) is 0.278. The van der Waals surface area contributed by atoms with E-state index in [0.29, 0.717) is 39.6 Å². The average Bonchev–Trinajstić information content (AvgIpc) is 2.54. The van der Waals surface area contributed by atoms with Crippen molar-refractivity contribution in [3.63, 3.8) is 0 Å². The third-order valence-corrected chi connectivity index (χ3v) is 3.32. The van der Waals surface area contributed by atoms with Gasteiger partial charge in [0.05, 0.1) is 39.3 Å². The summed E-state index contributed by atoms with van der Waals surface area (Å²) in [5, 5.41) is 0. The molecule has 0 bridgehead atoms. The Labute approximate surface area is 137 Å². The van der Waals surface area contributed by atoms with E-state index >= 15 is 0 Å². The molecule has 0 N–H and O–H groups in total. The molecule has 0 aromatic heterocycles. The number of hydrogen-bond donors (Lipinski definition) is 0. The fraction of sp³-hybridized carbons (Fsp3) is 0.889. The van der Waals surface area contributed by atoms with E-state index in [9.17, 15) is 0 Å². The van der Waals surface area contributed by atoms with Crippen LogP contribution >= 0.6 is 0 Å². The molecule has 4 nitrogen and oxygen atoms in total. The monoisotopic (exact) mass is 316 g/mol. The van der Waals surface area contributed by atoms with Crippen molar-refractivity contribution in [1.82, 2.24) is 0 Å². The van der Waals surface area contributed by atoms with Crippen molar-refractivity contribution in [2.24, 2.45) is 0 Å². The lowest BCUT2D eigenvalue weighted by Crippen LogP contribution is -2.10. The highest BCUT2D eigenvalue weighted by Gasteiger charge is 1.91. The molecule has 0 aliphatic heterocycles. The number of unbranched alkanes of at least 4 members (excludes halogenated alkanes) is 7. The molecular weight excluding hydrogens is 280 g/mol. The van der Waals surface area contributed by atoms with E-state index in [-0.39, 0.29) is 0 Å². The third kappa shape index (κ3) is 19.4. The first-order chi connectivity index (χ1) is 10.9. The van der Waals surface area contributed by atoms with Crippen LogP contribution in [0.4, 0.5) is 0 Å². The summed E-state index contributed by atoms with van der Waals surface area (Å²) in [6.45, 7) is 5.93. The van der Waals surface area contributed by atoms with Crippen molar-refractivity contribution >= 4 is 0 Å². The van der Waals surface area contributed by atoms with Gasteiger partial charge >= 0.3 is 0 Å². The number of methoxy groups -OCH3 is 1. The van der Waals surface area contributed by atoms with Gasteiger partial charge in [0.2, 0.25) is 0 Å². The zero-order valence-electron chi connectivity index (χ0n) is 14.7. The van der Waals surface area contributed by atoms with Gasteiger partial charge in [0.15, 0.2) is 0 Å². The van der Waals surface area contributed by atoms with Crippen LogP contribution in [0.15, 0.2) is 12.3 Å². The summed E-state index contributed by atoms with van der Waals surface area (Å²) < 4.78 is 20.9. The molecule has 0 fully saturated rings. The van der Waals surface area contributed by atoms with Crippen molar-refractivity contribution in [1.29, 1.82) is 0 Å².